The fourth-order valence-electron chi connectivity index (χ4n) is 12.6. The van der Waals surface area contributed by atoms with Crippen LogP contribution in [0.2, 0.25) is 0 Å². The summed E-state index contributed by atoms with van der Waals surface area (Å²) in [4.78, 5) is 2.63. The standard InChI is InChI=1S/2C40H30O2S2.C24H18O4.Be.Ca.Mg/c2*41-36-24-23-34(32-19-15-30(16-20-32)13-11-28-7-3-1-4-8-28)26-38(36)44-39-27-35(25-37(43)40(39)42)33-21-17-31(18-22-33)14-12-29-9-5-2-6-10-29;25-20-12-11-18(16-7-3-1-4-8-16)14-22(20)28-23-15-19(13-21(26)24(23)27)17-9-5-2-6-10-17;;;/h2*1-27,41-43H;1-15,25-27H;;;/q;;;3*+2/p-6/b2*13-11+,14-12+;;;;. The number of rotatable bonds is 20. The zero-order valence-electron chi connectivity index (χ0n) is 64.5. The molecule has 0 fully saturated rings. The molecule has 0 saturated carbocycles. The molecule has 0 aliphatic rings. The van der Waals surface area contributed by atoms with E-state index in [1.165, 1.54) is 41.7 Å². The van der Waals surface area contributed by atoms with E-state index in [1.807, 2.05) is 243 Å². The normalized spacial score (nSPS) is 10.9. The summed E-state index contributed by atoms with van der Waals surface area (Å²) in [5, 5.41) is 86.6. The zero-order valence-corrected chi connectivity index (χ0v) is 71.5. The topological polar surface area (TPSA) is 168 Å². The van der Waals surface area contributed by atoms with Gasteiger partial charge in [0.2, 0.25) is 0 Å². The third-order valence-corrected chi connectivity index (χ3v) is 21.6. The predicted molar refractivity (Wildman–Crippen MR) is 491 cm³/mol. The summed E-state index contributed by atoms with van der Waals surface area (Å²) in [6.07, 6.45) is 16.6. The smallest absolute Gasteiger partial charge is 0.872 e. The van der Waals surface area contributed by atoms with Crippen LogP contribution in [0.4, 0.5) is 0 Å². The largest absolute Gasteiger partial charge is 2.00 e. The second kappa shape index (κ2) is 43.3. The molecule has 0 spiro atoms. The summed E-state index contributed by atoms with van der Waals surface area (Å²) in [5.74, 6) is -2.13. The molecule has 16 aromatic rings. The van der Waals surface area contributed by atoms with Gasteiger partial charge in [0.25, 0.3) is 0 Å². The van der Waals surface area contributed by atoms with Gasteiger partial charge in [0.1, 0.15) is 17.2 Å². The number of aromatic hydroxyl groups is 1. The number of benzene rings is 16. The van der Waals surface area contributed by atoms with Gasteiger partial charge in [0.15, 0.2) is 0 Å². The molecule has 0 unspecified atom stereocenters. The van der Waals surface area contributed by atoms with Gasteiger partial charge in [-0.15, -0.1) is 25.3 Å². The summed E-state index contributed by atoms with van der Waals surface area (Å²) < 4.78 is 5.66. The third kappa shape index (κ3) is 24.1. The van der Waals surface area contributed by atoms with Crippen molar-refractivity contribution in [3.63, 3.8) is 0 Å². The molecular weight excluding hydrogens is 1580 g/mol. The average molecular weight is 1650 g/mol. The van der Waals surface area contributed by atoms with E-state index in [1.54, 1.807) is 36.4 Å². The average Bonchev–Trinajstić information content (AvgIpc) is 0.807. The molecule has 0 aromatic heterocycles. The van der Waals surface area contributed by atoms with Crippen LogP contribution in [0.15, 0.2) is 399 Å². The molecule has 0 heterocycles. The van der Waals surface area contributed by atoms with Crippen molar-refractivity contribution in [2.75, 3.05) is 0 Å². The van der Waals surface area contributed by atoms with Gasteiger partial charge in [-0.2, -0.15) is 0 Å². The first-order valence-electron chi connectivity index (χ1n) is 37.2. The van der Waals surface area contributed by atoms with E-state index < -0.39 is 11.5 Å². The van der Waals surface area contributed by atoms with Gasteiger partial charge in [-0.3, -0.25) is 0 Å². The maximum absolute atomic E-state index is 13.1. The maximum Gasteiger partial charge on any atom is 2.00 e. The monoisotopic (exact) mass is 1650 g/mol. The van der Waals surface area contributed by atoms with Gasteiger partial charge in [-0.05, 0) is 181 Å². The minimum absolute atomic E-state index is 0. The van der Waals surface area contributed by atoms with Crippen molar-refractivity contribution in [2.45, 2.75) is 29.4 Å². The van der Waals surface area contributed by atoms with Crippen LogP contribution in [-0.4, -0.2) is 76.0 Å². The molecule has 0 aliphatic carbocycles. The second-order valence-electron chi connectivity index (χ2n) is 27.0. The van der Waals surface area contributed by atoms with Crippen LogP contribution in [0.5, 0.6) is 51.7 Å². The van der Waals surface area contributed by atoms with Crippen molar-refractivity contribution >= 4 is 168 Å². The Morgan fingerprint density at radius 3 is 0.798 bits per heavy atom. The van der Waals surface area contributed by atoms with Gasteiger partial charge in [-0.1, -0.05) is 416 Å². The van der Waals surface area contributed by atoms with Crippen LogP contribution in [0.1, 0.15) is 44.5 Å². The molecule has 1 N–H and O–H groups in total. The Labute approximate surface area is 763 Å². The molecule has 119 heavy (non-hydrogen) atoms. The van der Waals surface area contributed by atoms with Crippen LogP contribution in [0.25, 0.3) is 115 Å². The maximum atomic E-state index is 13.1. The molecule has 16 aromatic carbocycles. The van der Waals surface area contributed by atoms with E-state index >= 15 is 0 Å². The van der Waals surface area contributed by atoms with E-state index in [0.29, 0.717) is 34.9 Å². The molecule has 0 atom stereocenters. The summed E-state index contributed by atoms with van der Waals surface area (Å²) in [6, 6.07) is 118. The van der Waals surface area contributed by atoms with Gasteiger partial charge in [0, 0.05) is 19.6 Å². The van der Waals surface area contributed by atoms with Crippen molar-refractivity contribution in [1.29, 1.82) is 0 Å². The summed E-state index contributed by atoms with van der Waals surface area (Å²) in [5.41, 5.74) is 19.6. The Hall–Kier alpha value is -11.5. The third-order valence-electron chi connectivity index (χ3n) is 18.9. The zero-order chi connectivity index (χ0) is 80.1. The molecule has 15 heteroatoms. The summed E-state index contributed by atoms with van der Waals surface area (Å²) in [7, 11) is 0. The number of phenols is 1. The Morgan fingerprint density at radius 1 is 0.235 bits per heavy atom. The van der Waals surface area contributed by atoms with Crippen LogP contribution in [0.3, 0.4) is 0 Å². The van der Waals surface area contributed by atoms with E-state index in [-0.39, 0.29) is 111 Å². The Morgan fingerprint density at radius 2 is 0.471 bits per heavy atom. The molecule has 16 rings (SSSR count). The van der Waals surface area contributed by atoms with Crippen molar-refractivity contribution in [1.82, 2.24) is 0 Å². The van der Waals surface area contributed by atoms with Gasteiger partial charge in [0.05, 0.1) is 0 Å². The first-order valence-corrected chi connectivity index (χ1v) is 39.7. The summed E-state index contributed by atoms with van der Waals surface area (Å²) >= 11 is 11.4. The van der Waals surface area contributed by atoms with Crippen molar-refractivity contribution < 1.29 is 40.5 Å². The van der Waals surface area contributed by atoms with Crippen LogP contribution >= 0.6 is 48.8 Å². The van der Waals surface area contributed by atoms with Crippen LogP contribution in [-0.2, 0) is 0 Å². The number of thiol groups is 2. The fraction of sp³-hybridized carbons (Fsp3) is 0. The van der Waals surface area contributed by atoms with Gasteiger partial charge < -0.3 is 40.5 Å². The van der Waals surface area contributed by atoms with Crippen molar-refractivity contribution in [3.05, 3.63) is 415 Å². The quantitative estimate of drug-likeness (QED) is 0.0379. The first-order chi connectivity index (χ1) is 56.6. The predicted octanol–water partition coefficient (Wildman–Crippen LogP) is 23.4. The minimum Gasteiger partial charge on any atom is -0.872 e. The number of hydrogen-bond donors (Lipinski definition) is 3. The molecule has 8 nitrogen and oxygen atoms in total. The Bertz CT molecular complexity index is 5880. The van der Waals surface area contributed by atoms with Gasteiger partial charge in [-0.25, -0.2) is 0 Å². The van der Waals surface area contributed by atoms with E-state index in [4.69, 9.17) is 4.74 Å². The number of phenolic OH excluding ortho intramolecular Hbond substituents is 1. The SMILES string of the molecule is [Be+2].[Ca+2].[Mg+2].[O-]c1ccc(-c2ccc(/C=C/c3ccccc3)cc2)cc1Sc1cc(-c2ccc(/C=C/c3ccccc3)cc2)cc(S)c1[O-].[O-]c1ccc(-c2ccc(/C=C/c3ccccc3)cc2)cc1Sc1cc(-c2ccc(/C=C/c3ccccc3)cc2)cc(S)c1[O-].[O-]c1ccc(-c2ccccc2)cc1Oc1cc(-c2ccccc2)cc(O)c1[O-]. The number of hydrogen-bond acceptors (Lipinski definition) is 12. The molecule has 0 bridgehead atoms. The van der Waals surface area contributed by atoms with E-state index in [0.717, 1.165) is 106 Å². The Kier molecular flexibility index (Phi) is 32.1. The van der Waals surface area contributed by atoms with Crippen LogP contribution < -0.4 is 35.4 Å². The molecule has 0 saturated heterocycles. The van der Waals surface area contributed by atoms with Crippen molar-refractivity contribution in [3.8, 4) is 119 Å². The van der Waals surface area contributed by atoms with Gasteiger partial charge >= 0.3 is 70.9 Å². The molecule has 0 amide bonds. The molecular formula is C104H72BeCaMgO8S4. The Balaban J connectivity index is 0.000000177. The molecule has 0 radical (unpaired) electrons. The first kappa shape index (κ1) is 88.3. The second-order valence-corrected chi connectivity index (χ2v) is 30.1. The summed E-state index contributed by atoms with van der Waals surface area (Å²) in [6.45, 7) is 0. The van der Waals surface area contributed by atoms with E-state index in [2.05, 4.69) is 147 Å². The minimum atomic E-state index is -0.663. The fourth-order valence-corrected chi connectivity index (χ4v) is 15.2. The number of ether oxygens (including phenoxy) is 1. The van der Waals surface area contributed by atoms with Crippen LogP contribution in [0, 0.1) is 0 Å². The van der Waals surface area contributed by atoms with E-state index in [9.17, 15) is 35.7 Å². The van der Waals surface area contributed by atoms with Crippen molar-refractivity contribution in [2.24, 2.45) is 0 Å². The molecule has 0 aliphatic heterocycles. The molecule has 566 valence electrons.